The molecule has 0 fully saturated rings. The third-order valence-electron chi connectivity index (χ3n) is 1.53. The summed E-state index contributed by atoms with van der Waals surface area (Å²) in [5.74, 6) is -0.844. The molecular weight excluding hydrogens is 200 g/mol. The average Bonchev–Trinajstić information content (AvgIpc) is 2.86. The van der Waals surface area contributed by atoms with Crippen molar-refractivity contribution in [3.8, 4) is 0 Å². The lowest BCUT2D eigenvalue weighted by Crippen LogP contribution is -1.98. The largest absolute Gasteiger partial charge is 0.475 e. The number of nitrogens with zero attached hydrogens (tertiary/aromatic N) is 3. The van der Waals surface area contributed by atoms with Gasteiger partial charge in [0, 0.05) is 0 Å². The molecule has 76 valence electrons. The van der Waals surface area contributed by atoms with E-state index in [0.717, 1.165) is 0 Å². The van der Waals surface area contributed by atoms with Crippen molar-refractivity contribution in [2.45, 2.75) is 0 Å². The van der Waals surface area contributed by atoms with Crippen molar-refractivity contribution in [2.24, 2.45) is 4.99 Å². The quantitative estimate of drug-likeness (QED) is 0.724. The Labute approximate surface area is 83.5 Å². The number of aromatic amines is 1. The van der Waals surface area contributed by atoms with Crippen LogP contribution in [-0.2, 0) is 0 Å². The van der Waals surface area contributed by atoms with Gasteiger partial charge in [0.25, 0.3) is 5.95 Å². The lowest BCUT2D eigenvalue weighted by Gasteiger charge is -1.81. The first-order chi connectivity index (χ1) is 7.25. The molecule has 2 aromatic rings. The molecule has 0 unspecified atom stereocenters. The number of hydrogen-bond donors (Lipinski definition) is 2. The van der Waals surface area contributed by atoms with E-state index < -0.39 is 5.97 Å². The van der Waals surface area contributed by atoms with E-state index in [4.69, 9.17) is 9.52 Å². The molecule has 0 aliphatic carbocycles. The molecule has 0 spiro atoms. The molecule has 0 saturated heterocycles. The van der Waals surface area contributed by atoms with E-state index in [1.807, 2.05) is 0 Å². The first-order valence-electron chi connectivity index (χ1n) is 3.99. The number of carboxylic acids is 1. The molecule has 0 atom stereocenters. The number of carboxylic acid groups (broad SMARTS) is 1. The van der Waals surface area contributed by atoms with E-state index in [9.17, 15) is 4.79 Å². The number of aliphatic imine (C=N–C) groups is 1. The van der Waals surface area contributed by atoms with Crippen molar-refractivity contribution < 1.29 is 14.3 Å². The molecule has 7 nitrogen and oxygen atoms in total. The second-order valence-electron chi connectivity index (χ2n) is 2.56. The Morgan fingerprint density at radius 3 is 3.13 bits per heavy atom. The smallest absolute Gasteiger partial charge is 0.373 e. The summed E-state index contributed by atoms with van der Waals surface area (Å²) in [5.41, 5.74) is 0. The highest BCUT2D eigenvalue weighted by Gasteiger charge is 2.08. The van der Waals surface area contributed by atoms with Crippen molar-refractivity contribution in [3.05, 3.63) is 30.0 Å². The van der Waals surface area contributed by atoms with Gasteiger partial charge in [-0.15, -0.1) is 5.10 Å². The Balaban J connectivity index is 2.14. The van der Waals surface area contributed by atoms with Gasteiger partial charge in [-0.05, 0) is 12.1 Å². The molecule has 2 heterocycles. The van der Waals surface area contributed by atoms with E-state index in [-0.39, 0.29) is 11.8 Å². The van der Waals surface area contributed by atoms with Gasteiger partial charge in [-0.25, -0.2) is 9.79 Å². The molecule has 0 saturated carbocycles. The summed E-state index contributed by atoms with van der Waals surface area (Å²) in [6.07, 6.45) is 2.90. The van der Waals surface area contributed by atoms with Crippen LogP contribution in [0.4, 0.5) is 5.95 Å². The maximum Gasteiger partial charge on any atom is 0.373 e. The van der Waals surface area contributed by atoms with Crippen LogP contribution >= 0.6 is 0 Å². The Bertz CT molecular complexity index is 486. The molecule has 0 aromatic carbocycles. The zero-order chi connectivity index (χ0) is 10.7. The summed E-state index contributed by atoms with van der Waals surface area (Å²) in [7, 11) is 0. The highest BCUT2D eigenvalue weighted by atomic mass is 16.4. The number of aromatic carboxylic acids is 1. The van der Waals surface area contributed by atoms with Crippen LogP contribution in [0.1, 0.15) is 16.4 Å². The zero-order valence-electron chi connectivity index (χ0n) is 7.41. The minimum atomic E-state index is -1.18. The SMILES string of the molecule is O=C(O)c1nc(/N=C\c2ccco2)n[nH]1. The Morgan fingerprint density at radius 1 is 1.67 bits per heavy atom. The van der Waals surface area contributed by atoms with Gasteiger partial charge >= 0.3 is 5.97 Å². The maximum atomic E-state index is 10.4. The van der Waals surface area contributed by atoms with Gasteiger partial charge in [0.15, 0.2) is 0 Å². The zero-order valence-corrected chi connectivity index (χ0v) is 7.41. The molecule has 2 aromatic heterocycles. The number of H-pyrrole nitrogens is 1. The minimum Gasteiger partial charge on any atom is -0.475 e. The molecule has 2 N–H and O–H groups in total. The Kier molecular flexibility index (Phi) is 2.28. The normalized spacial score (nSPS) is 10.9. The predicted molar refractivity (Wildman–Crippen MR) is 49.3 cm³/mol. The maximum absolute atomic E-state index is 10.4. The highest BCUT2D eigenvalue weighted by molar-refractivity contribution is 5.83. The second-order valence-corrected chi connectivity index (χ2v) is 2.56. The number of rotatable bonds is 3. The van der Waals surface area contributed by atoms with Crippen LogP contribution in [0.3, 0.4) is 0 Å². The van der Waals surface area contributed by atoms with Crippen LogP contribution in [0, 0.1) is 0 Å². The first-order valence-corrected chi connectivity index (χ1v) is 3.99. The van der Waals surface area contributed by atoms with Gasteiger partial charge in [0.1, 0.15) is 5.76 Å². The summed E-state index contributed by atoms with van der Waals surface area (Å²) in [5, 5.41) is 14.4. The second kappa shape index (κ2) is 3.74. The van der Waals surface area contributed by atoms with Crippen LogP contribution in [-0.4, -0.2) is 32.5 Å². The van der Waals surface area contributed by atoms with Gasteiger partial charge in [-0.2, -0.15) is 4.98 Å². The van der Waals surface area contributed by atoms with Crippen LogP contribution in [0.25, 0.3) is 0 Å². The number of hydrogen-bond acceptors (Lipinski definition) is 5. The van der Waals surface area contributed by atoms with Gasteiger partial charge < -0.3 is 9.52 Å². The van der Waals surface area contributed by atoms with Crippen molar-refractivity contribution in [1.82, 2.24) is 15.2 Å². The van der Waals surface area contributed by atoms with Gasteiger partial charge in [-0.3, -0.25) is 5.10 Å². The summed E-state index contributed by atoms with van der Waals surface area (Å²) < 4.78 is 4.98. The molecule has 0 amide bonds. The van der Waals surface area contributed by atoms with Crippen LogP contribution in [0.2, 0.25) is 0 Å². The van der Waals surface area contributed by atoms with Crippen molar-refractivity contribution in [3.63, 3.8) is 0 Å². The summed E-state index contributed by atoms with van der Waals surface area (Å²) in [4.78, 5) is 17.9. The lowest BCUT2D eigenvalue weighted by atomic mass is 10.5. The third kappa shape index (κ3) is 2.08. The first kappa shape index (κ1) is 9.13. The van der Waals surface area contributed by atoms with Crippen molar-refractivity contribution in [2.75, 3.05) is 0 Å². The fourth-order valence-corrected chi connectivity index (χ4v) is 0.892. The number of furan rings is 1. The van der Waals surface area contributed by atoms with Gasteiger partial charge in [0.05, 0.1) is 12.5 Å². The van der Waals surface area contributed by atoms with E-state index in [1.165, 1.54) is 12.5 Å². The highest BCUT2D eigenvalue weighted by Crippen LogP contribution is 2.04. The third-order valence-corrected chi connectivity index (χ3v) is 1.53. The number of aromatic nitrogens is 3. The van der Waals surface area contributed by atoms with Gasteiger partial charge in [0.2, 0.25) is 5.82 Å². The summed E-state index contributed by atoms with van der Waals surface area (Å²) in [6.45, 7) is 0. The van der Waals surface area contributed by atoms with E-state index >= 15 is 0 Å². The summed E-state index contributed by atoms with van der Waals surface area (Å²) >= 11 is 0. The number of carbonyl (C=O) groups is 1. The molecule has 0 aliphatic heterocycles. The van der Waals surface area contributed by atoms with E-state index in [0.29, 0.717) is 5.76 Å². The summed E-state index contributed by atoms with van der Waals surface area (Å²) in [6, 6.07) is 3.41. The van der Waals surface area contributed by atoms with Gasteiger partial charge in [-0.1, -0.05) is 0 Å². The topological polar surface area (TPSA) is 104 Å². The molecule has 2 rings (SSSR count). The molecular formula is C8H6N4O3. The fraction of sp³-hybridized carbons (Fsp3) is 0. The van der Waals surface area contributed by atoms with Crippen LogP contribution in [0.15, 0.2) is 27.8 Å². The molecule has 0 radical (unpaired) electrons. The van der Waals surface area contributed by atoms with Crippen molar-refractivity contribution in [1.29, 1.82) is 0 Å². The molecule has 7 heteroatoms. The van der Waals surface area contributed by atoms with E-state index in [2.05, 4.69) is 20.2 Å². The molecule has 0 bridgehead atoms. The molecule has 0 aliphatic rings. The Hall–Kier alpha value is -2.44. The van der Waals surface area contributed by atoms with Crippen LogP contribution in [0.5, 0.6) is 0 Å². The minimum absolute atomic E-state index is 0.0452. The van der Waals surface area contributed by atoms with E-state index in [1.54, 1.807) is 12.1 Å². The monoisotopic (exact) mass is 206 g/mol. The lowest BCUT2D eigenvalue weighted by molar-refractivity contribution is 0.0684. The Morgan fingerprint density at radius 2 is 2.53 bits per heavy atom. The fourth-order valence-electron chi connectivity index (χ4n) is 0.892. The van der Waals surface area contributed by atoms with Crippen LogP contribution < -0.4 is 0 Å². The van der Waals surface area contributed by atoms with Crippen molar-refractivity contribution >= 4 is 18.1 Å². The molecule has 15 heavy (non-hydrogen) atoms. The number of nitrogens with one attached hydrogen (secondary N) is 1. The average molecular weight is 206 g/mol. The standard InChI is InChI=1S/C8H6N4O3/c13-7(14)6-10-8(12-11-6)9-4-5-2-1-3-15-5/h1-4H,(H,13,14)(H,10,11,12)/b9-4-. The predicted octanol–water partition coefficient (Wildman–Crippen LogP) is 0.846.